The third kappa shape index (κ3) is 4.47. The fourth-order valence-corrected chi connectivity index (χ4v) is 3.22. The molecule has 0 bridgehead atoms. The maximum Gasteiger partial charge on any atom is 0.282 e. The third-order valence-electron chi connectivity index (χ3n) is 4.39. The predicted molar refractivity (Wildman–Crippen MR) is 112 cm³/mol. The molecule has 1 aromatic heterocycles. The second kappa shape index (κ2) is 8.65. The molecule has 2 aromatic carbocycles. The predicted octanol–water partition coefficient (Wildman–Crippen LogP) is 5.72. The number of fused-ring (bicyclic) bond motifs is 1. The summed E-state index contributed by atoms with van der Waals surface area (Å²) in [4.78, 5) is 0.210. The highest BCUT2D eigenvalue weighted by Gasteiger charge is 2.21. The molecule has 0 amide bonds. The molecule has 4 nitrogen and oxygen atoms in total. The van der Waals surface area contributed by atoms with Gasteiger partial charge in [0.25, 0.3) is 6.43 Å². The van der Waals surface area contributed by atoms with Crippen molar-refractivity contribution in [2.45, 2.75) is 26.7 Å². The molecule has 3 rings (SSSR count). The Labute approximate surface area is 168 Å². The normalized spacial score (nSPS) is 11.4. The molecule has 0 aliphatic carbocycles. The van der Waals surface area contributed by atoms with Gasteiger partial charge in [0.15, 0.2) is 0 Å². The number of anilines is 1. The van der Waals surface area contributed by atoms with Crippen LogP contribution in [0.15, 0.2) is 42.6 Å². The first-order valence-electron chi connectivity index (χ1n) is 9.14. The van der Waals surface area contributed by atoms with Crippen LogP contribution in [-0.4, -0.2) is 21.4 Å². The largest absolute Gasteiger partial charge is 0.493 e. The van der Waals surface area contributed by atoms with E-state index in [0.717, 1.165) is 28.6 Å². The lowest BCUT2D eigenvalue weighted by molar-refractivity contribution is 0.145. The molecule has 0 saturated heterocycles. The molecule has 0 fully saturated rings. The van der Waals surface area contributed by atoms with Crippen molar-refractivity contribution >= 4 is 33.7 Å². The van der Waals surface area contributed by atoms with Crippen molar-refractivity contribution in [3.05, 3.63) is 53.9 Å². The van der Waals surface area contributed by atoms with Crippen molar-refractivity contribution in [2.75, 3.05) is 11.9 Å². The van der Waals surface area contributed by atoms with E-state index in [9.17, 15) is 8.78 Å². The number of nitrogens with one attached hydrogen (secondary N) is 1. The van der Waals surface area contributed by atoms with Crippen LogP contribution >= 0.6 is 12.2 Å². The van der Waals surface area contributed by atoms with Crippen LogP contribution in [0.4, 0.5) is 14.5 Å². The zero-order valence-electron chi connectivity index (χ0n) is 16.1. The summed E-state index contributed by atoms with van der Waals surface area (Å²) >= 11 is 5.39. The van der Waals surface area contributed by atoms with Gasteiger partial charge in [-0.3, -0.25) is 4.68 Å². The topological polar surface area (TPSA) is 39.1 Å². The molecular formula is C21H23F2N3OS. The van der Waals surface area contributed by atoms with E-state index in [1.165, 1.54) is 10.9 Å². The Kier molecular flexibility index (Phi) is 6.24. The highest BCUT2D eigenvalue weighted by Crippen LogP contribution is 2.32. The summed E-state index contributed by atoms with van der Waals surface area (Å²) in [5.74, 6) is 1.36. The molecule has 1 N–H and O–H groups in total. The number of nitrogens with zero attached hydrogens (tertiary/aromatic N) is 2. The summed E-state index contributed by atoms with van der Waals surface area (Å²) in [7, 11) is 1.59. The molecule has 0 radical (unpaired) electrons. The average Bonchev–Trinajstić information content (AvgIpc) is 3.04. The Hall–Kier alpha value is -2.54. The third-order valence-corrected chi connectivity index (χ3v) is 4.71. The molecule has 28 heavy (non-hydrogen) atoms. The van der Waals surface area contributed by atoms with Gasteiger partial charge in [-0.15, -0.1) is 0 Å². The van der Waals surface area contributed by atoms with Gasteiger partial charge in [0, 0.05) is 29.7 Å². The Bertz CT molecular complexity index is 985. The van der Waals surface area contributed by atoms with E-state index in [0.29, 0.717) is 12.5 Å². The zero-order chi connectivity index (χ0) is 20.3. The van der Waals surface area contributed by atoms with Crippen LogP contribution in [-0.2, 0) is 7.05 Å². The number of hydrogen-bond acceptors (Lipinski definition) is 3. The molecule has 0 aliphatic rings. The monoisotopic (exact) mass is 403 g/mol. The van der Waals surface area contributed by atoms with Gasteiger partial charge in [0.1, 0.15) is 16.4 Å². The van der Waals surface area contributed by atoms with E-state index in [1.54, 1.807) is 7.05 Å². The Morgan fingerprint density at radius 1 is 1.18 bits per heavy atom. The minimum Gasteiger partial charge on any atom is -0.493 e. The van der Waals surface area contributed by atoms with Crippen molar-refractivity contribution in [1.29, 1.82) is 0 Å². The molecule has 0 spiro atoms. The van der Waals surface area contributed by atoms with E-state index in [2.05, 4.69) is 24.3 Å². The number of thiocarbonyl (C=S) groups is 1. The van der Waals surface area contributed by atoms with Crippen molar-refractivity contribution in [1.82, 2.24) is 9.78 Å². The summed E-state index contributed by atoms with van der Waals surface area (Å²) in [6.45, 7) is 4.95. The highest BCUT2D eigenvalue weighted by atomic mass is 32.1. The number of alkyl halides is 2. The highest BCUT2D eigenvalue weighted by molar-refractivity contribution is 7.81. The molecule has 148 valence electrons. The van der Waals surface area contributed by atoms with Crippen LogP contribution in [0.1, 0.15) is 38.0 Å². The molecular weight excluding hydrogens is 380 g/mol. The number of rotatable bonds is 7. The molecule has 0 aliphatic heterocycles. The van der Waals surface area contributed by atoms with Gasteiger partial charge < -0.3 is 10.1 Å². The Morgan fingerprint density at radius 2 is 1.89 bits per heavy atom. The van der Waals surface area contributed by atoms with Gasteiger partial charge in [-0.2, -0.15) is 5.10 Å². The van der Waals surface area contributed by atoms with Crippen molar-refractivity contribution < 1.29 is 13.5 Å². The summed E-state index contributed by atoms with van der Waals surface area (Å²) < 4.78 is 33.8. The van der Waals surface area contributed by atoms with Gasteiger partial charge >= 0.3 is 0 Å². The van der Waals surface area contributed by atoms with Gasteiger partial charge in [-0.05, 0) is 24.5 Å². The minimum absolute atomic E-state index is 0.210. The molecule has 0 unspecified atom stereocenters. The van der Waals surface area contributed by atoms with E-state index in [1.807, 2.05) is 36.4 Å². The minimum atomic E-state index is -2.69. The lowest BCUT2D eigenvalue weighted by atomic mass is 10.1. The second-order valence-corrected chi connectivity index (χ2v) is 7.45. The zero-order valence-corrected chi connectivity index (χ0v) is 16.9. The van der Waals surface area contributed by atoms with E-state index < -0.39 is 6.43 Å². The van der Waals surface area contributed by atoms with Crippen molar-refractivity contribution in [3.8, 4) is 5.75 Å². The first-order chi connectivity index (χ1) is 13.4. The summed E-state index contributed by atoms with van der Waals surface area (Å²) in [5.41, 5.74) is 0.646. The van der Waals surface area contributed by atoms with Crippen LogP contribution in [0.25, 0.3) is 10.8 Å². The molecule has 7 heteroatoms. The van der Waals surface area contributed by atoms with Gasteiger partial charge in [-0.1, -0.05) is 50.3 Å². The molecule has 3 aromatic rings. The van der Waals surface area contributed by atoms with E-state index >= 15 is 0 Å². The van der Waals surface area contributed by atoms with Crippen LogP contribution in [0.2, 0.25) is 0 Å². The van der Waals surface area contributed by atoms with Gasteiger partial charge in [-0.25, -0.2) is 8.78 Å². The number of halogens is 2. The molecule has 0 saturated carbocycles. The van der Waals surface area contributed by atoms with Crippen LogP contribution in [0.5, 0.6) is 5.75 Å². The lowest BCUT2D eigenvalue weighted by Crippen LogP contribution is -2.12. The second-order valence-electron chi connectivity index (χ2n) is 7.04. The van der Waals surface area contributed by atoms with Gasteiger partial charge in [0.05, 0.1) is 12.2 Å². The quantitative estimate of drug-likeness (QED) is 0.512. The summed E-state index contributed by atoms with van der Waals surface area (Å²) in [6, 6.07) is 11.5. The fourth-order valence-electron chi connectivity index (χ4n) is 2.95. The number of aryl methyl sites for hydroxylation is 1. The van der Waals surface area contributed by atoms with Crippen LogP contribution in [0.3, 0.4) is 0 Å². The summed E-state index contributed by atoms with van der Waals surface area (Å²) in [6.07, 6.45) is -0.220. The number of ether oxygens (including phenoxy) is 1. The Morgan fingerprint density at radius 3 is 2.61 bits per heavy atom. The first-order valence-corrected chi connectivity index (χ1v) is 9.55. The van der Waals surface area contributed by atoms with Crippen molar-refractivity contribution in [3.63, 3.8) is 0 Å². The average molecular weight is 403 g/mol. The van der Waals surface area contributed by atoms with Gasteiger partial charge in [0.2, 0.25) is 0 Å². The maximum atomic E-state index is 13.2. The molecule has 0 atom stereocenters. The number of hydrogen-bond donors (Lipinski definition) is 1. The van der Waals surface area contributed by atoms with Crippen LogP contribution in [0, 0.1) is 5.92 Å². The number of benzene rings is 2. The lowest BCUT2D eigenvalue weighted by Gasteiger charge is -2.14. The molecule has 1 heterocycles. The Balaban J connectivity index is 1.89. The SMILES string of the molecule is CC(C)CCOc1cccc2c(NC(=S)c3cn(C)nc3C(F)F)cccc12. The van der Waals surface area contributed by atoms with E-state index in [4.69, 9.17) is 17.0 Å². The van der Waals surface area contributed by atoms with Crippen LogP contribution < -0.4 is 10.1 Å². The standard InChI is InChI=1S/C21H23F2N3OS/c1-13(2)10-11-27-18-9-5-6-14-15(18)7-4-8-17(14)24-21(28)16-12-26(3)25-19(16)20(22)23/h4-9,12-13,20H,10-11H2,1-3H3,(H,24,28). The number of aromatic nitrogens is 2. The maximum absolute atomic E-state index is 13.2. The fraction of sp³-hybridized carbons (Fsp3) is 0.333. The summed E-state index contributed by atoms with van der Waals surface area (Å²) in [5, 5.41) is 8.77. The first kappa shape index (κ1) is 20.2. The van der Waals surface area contributed by atoms with Crippen molar-refractivity contribution in [2.24, 2.45) is 13.0 Å². The van der Waals surface area contributed by atoms with E-state index in [-0.39, 0.29) is 16.2 Å². The smallest absolute Gasteiger partial charge is 0.282 e.